The Morgan fingerprint density at radius 2 is 0.984 bits per heavy atom. The highest BCUT2D eigenvalue weighted by Gasteiger charge is 2.35. The second-order valence-corrected chi connectivity index (χ2v) is 18.2. The molecule has 1 aliphatic carbocycles. The number of hydrogen-bond donors (Lipinski definition) is 0. The fraction of sp³-hybridized carbons (Fsp3) is 0.119. The van der Waals surface area contributed by atoms with Crippen LogP contribution in [0.1, 0.15) is 51.3 Å². The lowest BCUT2D eigenvalue weighted by Gasteiger charge is -2.30. The van der Waals surface area contributed by atoms with Crippen molar-refractivity contribution in [2.24, 2.45) is 0 Å². The highest BCUT2D eigenvalue weighted by Crippen LogP contribution is 2.52. The van der Waals surface area contributed by atoms with Crippen molar-refractivity contribution in [3.05, 3.63) is 211 Å². The van der Waals surface area contributed by atoms with E-state index in [9.17, 15) is 0 Å². The number of anilines is 3. The van der Waals surface area contributed by atoms with Crippen LogP contribution in [0.25, 0.3) is 77.2 Å². The molecule has 0 radical (unpaired) electrons. The van der Waals surface area contributed by atoms with E-state index in [1.807, 2.05) is 6.07 Å². The number of rotatable bonds is 6. The number of nitrogens with zero attached hydrogens (tertiary/aromatic N) is 1. The van der Waals surface area contributed by atoms with Crippen LogP contribution < -0.4 is 4.90 Å². The van der Waals surface area contributed by atoms with Crippen LogP contribution in [0.5, 0.6) is 0 Å². The van der Waals surface area contributed by atoms with Gasteiger partial charge in [-0.2, -0.15) is 0 Å². The van der Waals surface area contributed by atoms with Crippen LogP contribution in [-0.2, 0) is 10.8 Å². The number of benzene rings is 9. The summed E-state index contributed by atoms with van der Waals surface area (Å²) in [6.07, 6.45) is 0. The molecular weight excluding hydrogens is 739 g/mol. The zero-order valence-corrected chi connectivity index (χ0v) is 35.3. The van der Waals surface area contributed by atoms with Crippen LogP contribution in [0, 0.1) is 0 Å². The molecule has 0 bridgehead atoms. The SMILES string of the molecule is CC(C)(C)c1ccc(-c2ccc(-c3ccc(N(c4ccc5c(c4)-c4ccccc4C5(C)C)c4ccc5ccccc5c4-c4ccc5c(c4)oc4ccccc45)cc3)cc2)cc1. The van der Waals surface area contributed by atoms with Crippen molar-refractivity contribution in [3.63, 3.8) is 0 Å². The quantitative estimate of drug-likeness (QED) is 0.167. The third kappa shape index (κ3) is 6.17. The Kier molecular flexibility index (Phi) is 8.44. The Labute approximate surface area is 358 Å². The summed E-state index contributed by atoms with van der Waals surface area (Å²) in [5, 5.41) is 4.65. The van der Waals surface area contributed by atoms with Crippen LogP contribution in [0.15, 0.2) is 199 Å². The predicted molar refractivity (Wildman–Crippen MR) is 258 cm³/mol. The molecule has 2 nitrogen and oxygen atoms in total. The number of hydrogen-bond acceptors (Lipinski definition) is 2. The average Bonchev–Trinajstić information content (AvgIpc) is 3.77. The van der Waals surface area contributed by atoms with Gasteiger partial charge >= 0.3 is 0 Å². The summed E-state index contributed by atoms with van der Waals surface area (Å²) in [7, 11) is 0. The zero-order chi connectivity index (χ0) is 41.5. The molecule has 0 fully saturated rings. The van der Waals surface area contributed by atoms with E-state index in [1.54, 1.807) is 0 Å². The summed E-state index contributed by atoms with van der Waals surface area (Å²) < 4.78 is 6.49. The van der Waals surface area contributed by atoms with Crippen molar-refractivity contribution in [3.8, 4) is 44.5 Å². The Morgan fingerprint density at radius 1 is 0.426 bits per heavy atom. The first-order chi connectivity index (χ1) is 29.6. The van der Waals surface area contributed by atoms with E-state index in [4.69, 9.17) is 4.42 Å². The van der Waals surface area contributed by atoms with E-state index in [-0.39, 0.29) is 10.8 Å². The van der Waals surface area contributed by atoms with Crippen LogP contribution in [0.2, 0.25) is 0 Å². The van der Waals surface area contributed by atoms with Crippen LogP contribution >= 0.6 is 0 Å². The number of fused-ring (bicyclic) bond motifs is 7. The average molecular weight is 786 g/mol. The summed E-state index contributed by atoms with van der Waals surface area (Å²) in [6, 6.07) is 71.4. The van der Waals surface area contributed by atoms with Gasteiger partial charge < -0.3 is 9.32 Å². The van der Waals surface area contributed by atoms with Crippen LogP contribution in [-0.4, -0.2) is 0 Å². The summed E-state index contributed by atoms with van der Waals surface area (Å²) in [5.41, 5.74) is 18.9. The summed E-state index contributed by atoms with van der Waals surface area (Å²) in [5.74, 6) is 0. The highest BCUT2D eigenvalue weighted by atomic mass is 16.3. The molecule has 0 aliphatic heterocycles. The minimum atomic E-state index is -0.0849. The molecule has 0 spiro atoms. The smallest absolute Gasteiger partial charge is 0.136 e. The summed E-state index contributed by atoms with van der Waals surface area (Å²) >= 11 is 0. The highest BCUT2D eigenvalue weighted by molar-refractivity contribution is 6.10. The lowest BCUT2D eigenvalue weighted by molar-refractivity contribution is 0.590. The van der Waals surface area contributed by atoms with Gasteiger partial charge in [-0.25, -0.2) is 0 Å². The molecule has 0 saturated heterocycles. The molecule has 0 unspecified atom stereocenters. The number of para-hydroxylation sites is 1. The van der Waals surface area contributed by atoms with Crippen molar-refractivity contribution >= 4 is 49.8 Å². The third-order valence-corrected chi connectivity index (χ3v) is 13.1. The van der Waals surface area contributed by atoms with Crippen molar-refractivity contribution in [1.29, 1.82) is 0 Å². The Bertz CT molecular complexity index is 3290. The normalized spacial score (nSPS) is 13.1. The molecule has 0 amide bonds. The lowest BCUT2D eigenvalue weighted by Crippen LogP contribution is -2.15. The van der Waals surface area contributed by atoms with Gasteiger partial charge in [0, 0.05) is 33.1 Å². The fourth-order valence-corrected chi connectivity index (χ4v) is 9.73. The maximum Gasteiger partial charge on any atom is 0.136 e. The second-order valence-electron chi connectivity index (χ2n) is 18.2. The molecule has 9 aromatic carbocycles. The molecule has 0 N–H and O–H groups in total. The van der Waals surface area contributed by atoms with Gasteiger partial charge in [0.05, 0.1) is 5.69 Å². The summed E-state index contributed by atoms with van der Waals surface area (Å²) in [6.45, 7) is 11.5. The van der Waals surface area contributed by atoms with Gasteiger partial charge in [-0.05, 0) is 120 Å². The predicted octanol–water partition coefficient (Wildman–Crippen LogP) is 16.8. The second kappa shape index (κ2) is 14.0. The van der Waals surface area contributed by atoms with Gasteiger partial charge in [0.2, 0.25) is 0 Å². The molecule has 0 atom stereocenters. The van der Waals surface area contributed by atoms with E-state index in [0.29, 0.717) is 0 Å². The van der Waals surface area contributed by atoms with E-state index < -0.39 is 0 Å². The van der Waals surface area contributed by atoms with Crippen LogP contribution in [0.4, 0.5) is 17.1 Å². The zero-order valence-electron chi connectivity index (χ0n) is 35.3. The third-order valence-electron chi connectivity index (χ3n) is 13.1. The van der Waals surface area contributed by atoms with Crippen molar-refractivity contribution in [1.82, 2.24) is 0 Å². The van der Waals surface area contributed by atoms with E-state index in [1.165, 1.54) is 60.8 Å². The topological polar surface area (TPSA) is 16.4 Å². The first-order valence-electron chi connectivity index (χ1n) is 21.4. The first kappa shape index (κ1) is 36.9. The molecule has 0 saturated carbocycles. The Balaban J connectivity index is 1.06. The largest absolute Gasteiger partial charge is 0.456 e. The molecule has 1 heterocycles. The maximum atomic E-state index is 6.49. The standard InChI is InChI=1S/C59H47NO/c1-58(2,3)44-28-22-40(23-29-44)38-18-20-39(21-19-38)41-24-30-45(31-25-41)60(46-32-34-53-51(37-46)48-14-8-10-16-52(48)59(53,4)5)54-35-27-42-12-6-7-13-47(42)57(54)43-26-33-50-49-15-9-11-17-55(49)61-56(50)36-43/h6-37H,1-5H3. The fourth-order valence-electron chi connectivity index (χ4n) is 9.73. The first-order valence-corrected chi connectivity index (χ1v) is 21.4. The minimum Gasteiger partial charge on any atom is -0.456 e. The molecule has 61 heavy (non-hydrogen) atoms. The molecule has 1 aliphatic rings. The van der Waals surface area contributed by atoms with Crippen LogP contribution in [0.3, 0.4) is 0 Å². The Hall–Kier alpha value is -7.16. The van der Waals surface area contributed by atoms with Gasteiger partial charge in [-0.15, -0.1) is 0 Å². The van der Waals surface area contributed by atoms with Gasteiger partial charge in [0.25, 0.3) is 0 Å². The van der Waals surface area contributed by atoms with Crippen molar-refractivity contribution < 1.29 is 4.42 Å². The molecule has 11 rings (SSSR count). The molecule has 294 valence electrons. The van der Waals surface area contributed by atoms with Gasteiger partial charge in [0.1, 0.15) is 11.2 Å². The van der Waals surface area contributed by atoms with Crippen molar-refractivity contribution in [2.75, 3.05) is 4.90 Å². The molecule has 10 aromatic rings. The Morgan fingerprint density at radius 3 is 1.70 bits per heavy atom. The maximum absolute atomic E-state index is 6.49. The molecule has 2 heteroatoms. The van der Waals surface area contributed by atoms with E-state index >= 15 is 0 Å². The monoisotopic (exact) mass is 785 g/mol. The van der Waals surface area contributed by atoms with Gasteiger partial charge in [-0.1, -0.05) is 180 Å². The molecular formula is C59H47NO. The van der Waals surface area contributed by atoms with E-state index in [0.717, 1.165) is 50.1 Å². The van der Waals surface area contributed by atoms with Gasteiger partial charge in [0.15, 0.2) is 0 Å². The molecule has 1 aromatic heterocycles. The lowest BCUT2D eigenvalue weighted by atomic mass is 9.82. The van der Waals surface area contributed by atoms with E-state index in [2.05, 4.69) is 228 Å². The minimum absolute atomic E-state index is 0.0849. The van der Waals surface area contributed by atoms with Gasteiger partial charge in [-0.3, -0.25) is 0 Å². The van der Waals surface area contributed by atoms with Crippen molar-refractivity contribution in [2.45, 2.75) is 45.4 Å². The summed E-state index contributed by atoms with van der Waals surface area (Å²) in [4.78, 5) is 2.45. The number of furan rings is 1.